The van der Waals surface area contributed by atoms with Crippen molar-refractivity contribution in [3.63, 3.8) is 0 Å². The van der Waals surface area contributed by atoms with Crippen LogP contribution in [-0.2, 0) is 27.8 Å². The SMILES string of the molecule is CCN(CC)S(=O)(=O)c1ccc(CCC(=O)NCc2ccc(N(C)C)cc2)cc1. The Hall–Kier alpha value is -2.38. The Bertz CT molecular complexity index is 888. The molecule has 0 aliphatic carbocycles. The molecule has 1 N–H and O–H groups in total. The van der Waals surface area contributed by atoms with E-state index in [0.717, 1.165) is 16.8 Å². The third-order valence-electron chi connectivity index (χ3n) is 4.85. The number of benzene rings is 2. The molecular weight excluding hydrogens is 386 g/mol. The van der Waals surface area contributed by atoms with Crippen molar-refractivity contribution >= 4 is 21.6 Å². The Morgan fingerprint density at radius 1 is 0.897 bits per heavy atom. The molecule has 0 spiro atoms. The first-order valence-corrected chi connectivity index (χ1v) is 11.3. The number of sulfonamides is 1. The van der Waals surface area contributed by atoms with E-state index in [-0.39, 0.29) is 10.8 Å². The van der Waals surface area contributed by atoms with Crippen LogP contribution in [0.5, 0.6) is 0 Å². The van der Waals surface area contributed by atoms with Gasteiger partial charge in [0.1, 0.15) is 0 Å². The van der Waals surface area contributed by atoms with Crippen LogP contribution in [0.4, 0.5) is 5.69 Å². The molecule has 0 fully saturated rings. The highest BCUT2D eigenvalue weighted by Gasteiger charge is 2.21. The molecule has 0 radical (unpaired) electrons. The molecule has 7 heteroatoms. The van der Waals surface area contributed by atoms with Crippen LogP contribution in [0.1, 0.15) is 31.4 Å². The van der Waals surface area contributed by atoms with Gasteiger partial charge in [-0.25, -0.2) is 8.42 Å². The normalized spacial score (nSPS) is 11.5. The Morgan fingerprint density at radius 3 is 1.97 bits per heavy atom. The fraction of sp³-hybridized carbons (Fsp3) is 0.409. The van der Waals surface area contributed by atoms with Crippen LogP contribution in [-0.4, -0.2) is 45.8 Å². The quantitative estimate of drug-likeness (QED) is 0.645. The van der Waals surface area contributed by atoms with Crippen molar-refractivity contribution in [2.75, 3.05) is 32.1 Å². The smallest absolute Gasteiger partial charge is 0.243 e. The van der Waals surface area contributed by atoms with Gasteiger partial charge < -0.3 is 10.2 Å². The zero-order valence-electron chi connectivity index (χ0n) is 17.7. The van der Waals surface area contributed by atoms with Crippen LogP contribution in [0.25, 0.3) is 0 Å². The van der Waals surface area contributed by atoms with Crippen LogP contribution in [0.3, 0.4) is 0 Å². The van der Waals surface area contributed by atoms with E-state index < -0.39 is 10.0 Å². The predicted octanol–water partition coefficient (Wildman–Crippen LogP) is 3.03. The minimum atomic E-state index is -3.45. The van der Waals surface area contributed by atoms with E-state index >= 15 is 0 Å². The first-order chi connectivity index (χ1) is 13.8. The maximum absolute atomic E-state index is 12.5. The maximum atomic E-state index is 12.5. The molecular formula is C22H31N3O3S. The van der Waals surface area contributed by atoms with Gasteiger partial charge >= 0.3 is 0 Å². The fourth-order valence-corrected chi connectivity index (χ4v) is 4.46. The molecule has 0 atom stereocenters. The van der Waals surface area contributed by atoms with E-state index in [2.05, 4.69) is 5.32 Å². The Balaban J connectivity index is 1.85. The number of hydrogen-bond acceptors (Lipinski definition) is 4. The summed E-state index contributed by atoms with van der Waals surface area (Å²) in [5, 5.41) is 2.93. The van der Waals surface area contributed by atoms with Crippen molar-refractivity contribution in [2.45, 2.75) is 38.1 Å². The van der Waals surface area contributed by atoms with E-state index in [0.29, 0.717) is 32.5 Å². The number of nitrogens with zero attached hydrogens (tertiary/aromatic N) is 2. The molecule has 2 rings (SSSR count). The van der Waals surface area contributed by atoms with Crippen molar-refractivity contribution in [3.05, 3.63) is 59.7 Å². The third kappa shape index (κ3) is 6.30. The van der Waals surface area contributed by atoms with Crippen molar-refractivity contribution in [1.82, 2.24) is 9.62 Å². The van der Waals surface area contributed by atoms with Gasteiger partial charge in [0.2, 0.25) is 15.9 Å². The van der Waals surface area contributed by atoms with Crippen molar-refractivity contribution in [1.29, 1.82) is 0 Å². The van der Waals surface area contributed by atoms with E-state index in [1.165, 1.54) is 4.31 Å². The molecule has 0 heterocycles. The van der Waals surface area contributed by atoms with E-state index in [1.54, 1.807) is 24.3 Å². The summed E-state index contributed by atoms with van der Waals surface area (Å²) in [4.78, 5) is 14.5. The molecule has 2 aromatic rings. The summed E-state index contributed by atoms with van der Waals surface area (Å²) in [7, 11) is 0.531. The summed E-state index contributed by atoms with van der Waals surface area (Å²) in [6.07, 6.45) is 0.926. The van der Waals surface area contributed by atoms with Crippen LogP contribution in [0, 0.1) is 0 Å². The molecule has 0 aliphatic heterocycles. The third-order valence-corrected chi connectivity index (χ3v) is 6.91. The first kappa shape index (κ1) is 22.9. The monoisotopic (exact) mass is 417 g/mol. The first-order valence-electron chi connectivity index (χ1n) is 9.90. The number of nitrogens with one attached hydrogen (secondary N) is 1. The minimum Gasteiger partial charge on any atom is -0.378 e. The number of hydrogen-bond donors (Lipinski definition) is 1. The van der Waals surface area contributed by atoms with Crippen LogP contribution in [0.15, 0.2) is 53.4 Å². The topological polar surface area (TPSA) is 69.7 Å². The second-order valence-electron chi connectivity index (χ2n) is 7.07. The molecule has 0 saturated carbocycles. The van der Waals surface area contributed by atoms with Gasteiger partial charge in [0.15, 0.2) is 0 Å². The number of anilines is 1. The molecule has 0 unspecified atom stereocenters. The minimum absolute atomic E-state index is 0.0264. The number of carbonyl (C=O) groups is 1. The van der Waals surface area contributed by atoms with Crippen LogP contribution < -0.4 is 10.2 Å². The average molecular weight is 418 g/mol. The van der Waals surface area contributed by atoms with Gasteiger partial charge in [-0.2, -0.15) is 4.31 Å². The fourth-order valence-electron chi connectivity index (χ4n) is 3.00. The summed E-state index contributed by atoms with van der Waals surface area (Å²) < 4.78 is 26.4. The Labute approximate surface area is 174 Å². The average Bonchev–Trinajstić information content (AvgIpc) is 2.72. The predicted molar refractivity (Wildman–Crippen MR) is 117 cm³/mol. The molecule has 0 saturated heterocycles. The summed E-state index contributed by atoms with van der Waals surface area (Å²) in [5.41, 5.74) is 3.11. The number of rotatable bonds is 10. The largest absolute Gasteiger partial charge is 0.378 e. The van der Waals surface area contributed by atoms with Gasteiger partial charge in [0.05, 0.1) is 4.90 Å². The summed E-state index contributed by atoms with van der Waals surface area (Å²) in [5.74, 6) is -0.0264. The van der Waals surface area contributed by atoms with Crippen molar-refractivity contribution in [2.24, 2.45) is 0 Å². The van der Waals surface area contributed by atoms with Crippen LogP contribution >= 0.6 is 0 Å². The van der Waals surface area contributed by atoms with Gasteiger partial charge in [0, 0.05) is 45.8 Å². The zero-order chi connectivity index (χ0) is 21.4. The molecule has 0 bridgehead atoms. The summed E-state index contributed by atoms with van der Waals surface area (Å²) in [6.45, 7) is 5.03. The van der Waals surface area contributed by atoms with E-state index in [9.17, 15) is 13.2 Å². The van der Waals surface area contributed by atoms with Gasteiger partial charge in [-0.15, -0.1) is 0 Å². The highest BCUT2D eigenvalue weighted by atomic mass is 32.2. The molecule has 29 heavy (non-hydrogen) atoms. The zero-order valence-corrected chi connectivity index (χ0v) is 18.5. The molecule has 158 valence electrons. The van der Waals surface area contributed by atoms with E-state index in [1.807, 2.05) is 57.1 Å². The maximum Gasteiger partial charge on any atom is 0.243 e. The standard InChI is InChI=1S/C22H31N3O3S/c1-5-25(6-2)29(27,28)21-14-9-18(10-15-21)11-16-22(26)23-17-19-7-12-20(13-8-19)24(3)4/h7-10,12-15H,5-6,11,16-17H2,1-4H3,(H,23,26). The van der Waals surface area contributed by atoms with Crippen LogP contribution in [0.2, 0.25) is 0 Å². The van der Waals surface area contributed by atoms with E-state index in [4.69, 9.17) is 0 Å². The summed E-state index contributed by atoms with van der Waals surface area (Å²) >= 11 is 0. The molecule has 1 amide bonds. The van der Waals surface area contributed by atoms with Gasteiger partial charge in [-0.05, 0) is 41.8 Å². The second-order valence-corrected chi connectivity index (χ2v) is 9.01. The number of aryl methyl sites for hydroxylation is 1. The lowest BCUT2D eigenvalue weighted by Gasteiger charge is -2.18. The lowest BCUT2D eigenvalue weighted by molar-refractivity contribution is -0.121. The van der Waals surface area contributed by atoms with Gasteiger partial charge in [0.25, 0.3) is 0 Å². The molecule has 6 nitrogen and oxygen atoms in total. The lowest BCUT2D eigenvalue weighted by Crippen LogP contribution is -2.30. The number of carbonyl (C=O) groups excluding carboxylic acids is 1. The summed E-state index contributed by atoms with van der Waals surface area (Å²) in [6, 6.07) is 14.9. The molecule has 2 aromatic carbocycles. The highest BCUT2D eigenvalue weighted by Crippen LogP contribution is 2.17. The highest BCUT2D eigenvalue weighted by molar-refractivity contribution is 7.89. The lowest BCUT2D eigenvalue weighted by atomic mass is 10.1. The molecule has 0 aromatic heterocycles. The second kappa shape index (κ2) is 10.4. The van der Waals surface area contributed by atoms with Crippen molar-refractivity contribution in [3.8, 4) is 0 Å². The Morgan fingerprint density at radius 2 is 1.45 bits per heavy atom. The van der Waals surface area contributed by atoms with Gasteiger partial charge in [-0.1, -0.05) is 38.1 Å². The number of amides is 1. The van der Waals surface area contributed by atoms with Crippen molar-refractivity contribution < 1.29 is 13.2 Å². The Kier molecular flexibility index (Phi) is 8.22. The van der Waals surface area contributed by atoms with Gasteiger partial charge in [-0.3, -0.25) is 4.79 Å². The molecule has 0 aliphatic rings.